The predicted molar refractivity (Wildman–Crippen MR) is 75.8 cm³/mol. The fourth-order valence-electron chi connectivity index (χ4n) is 3.23. The molecule has 1 aromatic rings. The zero-order valence-corrected chi connectivity index (χ0v) is 12.1. The van der Waals surface area contributed by atoms with E-state index in [0.717, 1.165) is 18.4 Å². The van der Waals surface area contributed by atoms with Gasteiger partial charge in [-0.2, -0.15) is 0 Å². The summed E-state index contributed by atoms with van der Waals surface area (Å²) < 4.78 is 10.6. The van der Waals surface area contributed by atoms with E-state index in [4.69, 9.17) is 9.47 Å². The number of carbonyl (C=O) groups excluding carboxylic acids is 2. The minimum Gasteiger partial charge on any atom is -0.449 e. The smallest absolute Gasteiger partial charge is 0.339 e. The molecule has 1 unspecified atom stereocenters. The van der Waals surface area contributed by atoms with E-state index in [1.165, 1.54) is 0 Å². The minimum absolute atomic E-state index is 0.0522. The van der Waals surface area contributed by atoms with Crippen molar-refractivity contribution in [3.05, 3.63) is 35.4 Å². The van der Waals surface area contributed by atoms with Crippen molar-refractivity contribution in [2.75, 3.05) is 26.8 Å². The molecule has 0 N–H and O–H groups in total. The fraction of sp³-hybridized carbons (Fsp3) is 0.500. The van der Waals surface area contributed by atoms with Crippen LogP contribution in [0.15, 0.2) is 24.3 Å². The van der Waals surface area contributed by atoms with E-state index in [-0.39, 0.29) is 11.9 Å². The lowest BCUT2D eigenvalue weighted by Crippen LogP contribution is -2.48. The van der Waals surface area contributed by atoms with Gasteiger partial charge < -0.3 is 14.4 Å². The first-order valence-electron chi connectivity index (χ1n) is 7.26. The Balaban J connectivity index is 1.83. The summed E-state index contributed by atoms with van der Waals surface area (Å²) in [5, 5.41) is 0. The van der Waals surface area contributed by atoms with Gasteiger partial charge >= 0.3 is 5.97 Å². The van der Waals surface area contributed by atoms with Crippen LogP contribution in [-0.2, 0) is 19.9 Å². The summed E-state index contributed by atoms with van der Waals surface area (Å²) in [5.74, 6) is -0.229. The second-order valence-corrected chi connectivity index (χ2v) is 5.59. The standard InChI is InChI=1S/C16H19NO4/c1-20-10-7-14(18)17-9-4-8-16(11-17)13-6-3-2-5-12(13)15(19)21-16/h2-3,5-6H,4,7-11H2,1H3. The molecule has 1 saturated heterocycles. The Morgan fingerprint density at radius 1 is 1.43 bits per heavy atom. The van der Waals surface area contributed by atoms with Gasteiger partial charge in [0.1, 0.15) is 0 Å². The number of nitrogens with zero attached hydrogens (tertiary/aromatic N) is 1. The molecule has 112 valence electrons. The van der Waals surface area contributed by atoms with Gasteiger partial charge in [-0.15, -0.1) is 0 Å². The second kappa shape index (κ2) is 5.48. The number of ether oxygens (including phenoxy) is 2. The first-order valence-corrected chi connectivity index (χ1v) is 7.26. The number of methoxy groups -OCH3 is 1. The van der Waals surface area contributed by atoms with Gasteiger partial charge in [0.2, 0.25) is 5.91 Å². The lowest BCUT2D eigenvalue weighted by Gasteiger charge is -2.39. The molecule has 3 rings (SSSR count). The maximum absolute atomic E-state index is 12.2. The highest BCUT2D eigenvalue weighted by Gasteiger charge is 2.48. The summed E-state index contributed by atoms with van der Waals surface area (Å²) in [6.45, 7) is 1.57. The Hall–Kier alpha value is -1.88. The highest BCUT2D eigenvalue weighted by atomic mass is 16.6. The molecule has 0 radical (unpaired) electrons. The summed E-state index contributed by atoms with van der Waals surface area (Å²) in [6.07, 6.45) is 1.96. The van der Waals surface area contributed by atoms with Crippen LogP contribution < -0.4 is 0 Å². The van der Waals surface area contributed by atoms with Gasteiger partial charge in [0.15, 0.2) is 5.60 Å². The number of esters is 1. The van der Waals surface area contributed by atoms with Gasteiger partial charge in [0.05, 0.1) is 25.1 Å². The van der Waals surface area contributed by atoms with Crippen LogP contribution in [0.5, 0.6) is 0 Å². The number of hydrogen-bond donors (Lipinski definition) is 0. The van der Waals surface area contributed by atoms with Crippen LogP contribution in [0.25, 0.3) is 0 Å². The number of fused-ring (bicyclic) bond motifs is 2. The topological polar surface area (TPSA) is 55.8 Å². The van der Waals surface area contributed by atoms with Crippen LogP contribution in [0, 0.1) is 0 Å². The van der Waals surface area contributed by atoms with Gasteiger partial charge in [-0.3, -0.25) is 4.79 Å². The van der Waals surface area contributed by atoms with Crippen molar-refractivity contribution >= 4 is 11.9 Å². The Morgan fingerprint density at radius 2 is 2.24 bits per heavy atom. The monoisotopic (exact) mass is 289 g/mol. The van der Waals surface area contributed by atoms with Gasteiger partial charge in [0, 0.05) is 19.2 Å². The van der Waals surface area contributed by atoms with E-state index in [1.54, 1.807) is 18.1 Å². The van der Waals surface area contributed by atoms with Crippen LogP contribution in [0.4, 0.5) is 0 Å². The van der Waals surface area contributed by atoms with Crippen molar-refractivity contribution in [2.24, 2.45) is 0 Å². The van der Waals surface area contributed by atoms with E-state index in [9.17, 15) is 9.59 Å². The quantitative estimate of drug-likeness (QED) is 0.795. The molecule has 0 saturated carbocycles. The molecule has 0 bridgehead atoms. The van der Waals surface area contributed by atoms with Gasteiger partial charge in [0.25, 0.3) is 0 Å². The highest BCUT2D eigenvalue weighted by molar-refractivity contribution is 5.95. The van der Waals surface area contributed by atoms with Gasteiger partial charge in [-0.05, 0) is 18.9 Å². The van der Waals surface area contributed by atoms with E-state index < -0.39 is 5.60 Å². The molecule has 1 spiro atoms. The molecule has 1 fully saturated rings. The average molecular weight is 289 g/mol. The number of piperidine rings is 1. The number of benzene rings is 1. The Labute approximate surface area is 123 Å². The molecule has 2 heterocycles. The third kappa shape index (κ3) is 2.42. The van der Waals surface area contributed by atoms with Crippen molar-refractivity contribution < 1.29 is 19.1 Å². The summed E-state index contributed by atoms with van der Waals surface area (Å²) in [4.78, 5) is 26.0. The van der Waals surface area contributed by atoms with E-state index in [0.29, 0.717) is 31.7 Å². The molecule has 0 aromatic heterocycles. The number of rotatable bonds is 3. The molecule has 1 atom stereocenters. The number of amides is 1. The van der Waals surface area contributed by atoms with Crippen molar-refractivity contribution in [3.63, 3.8) is 0 Å². The average Bonchev–Trinajstić information content (AvgIpc) is 2.78. The molecule has 2 aliphatic heterocycles. The van der Waals surface area contributed by atoms with Crippen molar-refractivity contribution in [2.45, 2.75) is 24.9 Å². The van der Waals surface area contributed by atoms with Gasteiger partial charge in [-0.25, -0.2) is 4.79 Å². The molecule has 5 heteroatoms. The maximum Gasteiger partial charge on any atom is 0.339 e. The summed E-state index contributed by atoms with van der Waals surface area (Å²) in [7, 11) is 1.58. The van der Waals surface area contributed by atoms with Crippen molar-refractivity contribution in [3.8, 4) is 0 Å². The van der Waals surface area contributed by atoms with E-state index in [2.05, 4.69) is 0 Å². The molecule has 2 aliphatic rings. The number of hydrogen-bond acceptors (Lipinski definition) is 4. The number of likely N-dealkylation sites (tertiary alicyclic amines) is 1. The Bertz CT molecular complexity index is 571. The summed E-state index contributed by atoms with van der Waals surface area (Å²) in [5.41, 5.74) is 0.886. The lowest BCUT2D eigenvalue weighted by atomic mass is 9.85. The van der Waals surface area contributed by atoms with Crippen LogP contribution in [0.1, 0.15) is 35.2 Å². The summed E-state index contributed by atoms with van der Waals surface area (Å²) in [6, 6.07) is 7.47. The SMILES string of the molecule is COCCC(=O)N1CCCC2(C1)OC(=O)c1ccccc12. The van der Waals surface area contributed by atoms with Crippen LogP contribution >= 0.6 is 0 Å². The van der Waals surface area contributed by atoms with Crippen molar-refractivity contribution in [1.82, 2.24) is 4.90 Å². The lowest BCUT2D eigenvalue weighted by molar-refractivity contribution is -0.139. The van der Waals surface area contributed by atoms with E-state index >= 15 is 0 Å². The molecule has 1 aromatic carbocycles. The zero-order chi connectivity index (χ0) is 14.9. The first-order chi connectivity index (χ1) is 10.2. The third-order valence-electron chi connectivity index (χ3n) is 4.25. The second-order valence-electron chi connectivity index (χ2n) is 5.59. The molecule has 1 amide bonds. The molecular weight excluding hydrogens is 270 g/mol. The minimum atomic E-state index is -0.658. The third-order valence-corrected chi connectivity index (χ3v) is 4.25. The largest absolute Gasteiger partial charge is 0.449 e. The molecular formula is C16H19NO4. The highest BCUT2D eigenvalue weighted by Crippen LogP contribution is 2.42. The van der Waals surface area contributed by atoms with Crippen LogP contribution in [0.2, 0.25) is 0 Å². The van der Waals surface area contributed by atoms with Gasteiger partial charge in [-0.1, -0.05) is 18.2 Å². The van der Waals surface area contributed by atoms with Crippen LogP contribution in [0.3, 0.4) is 0 Å². The molecule has 21 heavy (non-hydrogen) atoms. The first kappa shape index (κ1) is 14.1. The van der Waals surface area contributed by atoms with Crippen LogP contribution in [-0.4, -0.2) is 43.6 Å². The normalized spacial score (nSPS) is 24.0. The maximum atomic E-state index is 12.2. The molecule has 5 nitrogen and oxygen atoms in total. The zero-order valence-electron chi connectivity index (χ0n) is 12.1. The molecule has 0 aliphatic carbocycles. The Morgan fingerprint density at radius 3 is 3.05 bits per heavy atom. The predicted octanol–water partition coefficient (Wildman–Crippen LogP) is 1.71. The van der Waals surface area contributed by atoms with Crippen molar-refractivity contribution in [1.29, 1.82) is 0 Å². The fourth-order valence-corrected chi connectivity index (χ4v) is 3.23. The van der Waals surface area contributed by atoms with E-state index in [1.807, 2.05) is 18.2 Å². The summed E-state index contributed by atoms with van der Waals surface area (Å²) >= 11 is 0. The number of carbonyl (C=O) groups is 2. The Kier molecular flexibility index (Phi) is 3.68.